The van der Waals surface area contributed by atoms with Gasteiger partial charge in [0.15, 0.2) is 17.7 Å². The molecule has 0 radical (unpaired) electrons. The van der Waals surface area contributed by atoms with Gasteiger partial charge in [0.25, 0.3) is 0 Å². The molecule has 0 saturated carbocycles. The van der Waals surface area contributed by atoms with Crippen molar-refractivity contribution in [3.63, 3.8) is 0 Å². The van der Waals surface area contributed by atoms with Crippen molar-refractivity contribution in [2.75, 3.05) is 12.3 Å². The Morgan fingerprint density at radius 3 is 2.77 bits per heavy atom. The number of aliphatic hydroxyl groups is 2. The fraction of sp³-hybridized carbons (Fsp3) is 0.353. The molecule has 1 aromatic carbocycles. The van der Waals surface area contributed by atoms with Gasteiger partial charge in [-0.1, -0.05) is 30.3 Å². The van der Waals surface area contributed by atoms with Gasteiger partial charge in [0.1, 0.15) is 30.2 Å². The number of nitrogen functional groups attached to an aromatic ring is 1. The quantitative estimate of drug-likeness (QED) is 0.592. The summed E-state index contributed by atoms with van der Waals surface area (Å²) in [5.41, 5.74) is 7.71. The van der Waals surface area contributed by atoms with Crippen LogP contribution in [0.3, 0.4) is 0 Å². The van der Waals surface area contributed by atoms with Crippen LogP contribution in [0.2, 0.25) is 0 Å². The van der Waals surface area contributed by atoms with Crippen molar-refractivity contribution in [1.82, 2.24) is 19.5 Å². The Morgan fingerprint density at radius 1 is 1.19 bits per heavy atom. The summed E-state index contributed by atoms with van der Waals surface area (Å²) in [6.45, 7) is -0.0308. The number of hydrogen-bond donors (Lipinski definition) is 3. The summed E-state index contributed by atoms with van der Waals surface area (Å²) in [6.07, 6.45) is -0.315. The zero-order chi connectivity index (χ0) is 18.1. The van der Waals surface area contributed by atoms with Crippen LogP contribution in [-0.2, 0) is 16.1 Å². The topological polar surface area (TPSA) is 129 Å². The molecule has 1 fully saturated rings. The first-order valence-corrected chi connectivity index (χ1v) is 8.22. The van der Waals surface area contributed by atoms with E-state index in [1.807, 2.05) is 30.3 Å². The zero-order valence-corrected chi connectivity index (χ0v) is 13.8. The summed E-state index contributed by atoms with van der Waals surface area (Å²) >= 11 is 0. The number of nitrogens with zero attached hydrogens (tertiary/aromatic N) is 4. The van der Waals surface area contributed by atoms with Crippen LogP contribution < -0.4 is 5.73 Å². The number of aromatic nitrogens is 4. The maximum absolute atomic E-state index is 10.5. The van der Waals surface area contributed by atoms with Gasteiger partial charge in [-0.2, -0.15) is 0 Å². The SMILES string of the molecule is Nc1ncnc2c1ncn2[C@H]1O[C@@H](CO)[C@H](O)[C@H]1OCc1ccccc1. The predicted molar refractivity (Wildman–Crippen MR) is 91.8 cm³/mol. The third-order valence-corrected chi connectivity index (χ3v) is 4.44. The van der Waals surface area contributed by atoms with Crippen LogP contribution in [0.5, 0.6) is 0 Å². The van der Waals surface area contributed by atoms with Crippen molar-refractivity contribution in [3.05, 3.63) is 48.5 Å². The maximum atomic E-state index is 10.5. The lowest BCUT2D eigenvalue weighted by atomic mass is 10.1. The van der Waals surface area contributed by atoms with E-state index in [9.17, 15) is 10.2 Å². The minimum absolute atomic E-state index is 0.257. The smallest absolute Gasteiger partial charge is 0.167 e. The van der Waals surface area contributed by atoms with E-state index in [1.54, 1.807) is 4.57 Å². The second kappa shape index (κ2) is 6.96. The van der Waals surface area contributed by atoms with Crippen molar-refractivity contribution in [3.8, 4) is 0 Å². The average Bonchev–Trinajstić information content (AvgIpc) is 3.23. The van der Waals surface area contributed by atoms with Crippen molar-refractivity contribution >= 4 is 17.0 Å². The molecule has 0 spiro atoms. The number of aliphatic hydroxyl groups excluding tert-OH is 2. The molecule has 26 heavy (non-hydrogen) atoms. The summed E-state index contributed by atoms with van der Waals surface area (Å²) in [5, 5.41) is 20.0. The van der Waals surface area contributed by atoms with Gasteiger partial charge in [-0.3, -0.25) is 4.57 Å². The van der Waals surface area contributed by atoms with Crippen LogP contribution >= 0.6 is 0 Å². The minimum Gasteiger partial charge on any atom is -0.394 e. The van der Waals surface area contributed by atoms with Crippen LogP contribution in [0.1, 0.15) is 11.8 Å². The lowest BCUT2D eigenvalue weighted by Crippen LogP contribution is -2.35. The molecule has 0 unspecified atom stereocenters. The first-order valence-electron chi connectivity index (χ1n) is 8.22. The Labute approximate surface area is 149 Å². The van der Waals surface area contributed by atoms with Crippen LogP contribution in [-0.4, -0.2) is 54.7 Å². The number of rotatable bonds is 5. The molecule has 1 saturated heterocycles. The van der Waals surface area contributed by atoms with Crippen molar-refractivity contribution < 1.29 is 19.7 Å². The van der Waals surface area contributed by atoms with Gasteiger partial charge in [0, 0.05) is 0 Å². The number of benzene rings is 1. The maximum Gasteiger partial charge on any atom is 0.167 e. The summed E-state index contributed by atoms with van der Waals surface area (Å²) in [7, 11) is 0. The van der Waals surface area contributed by atoms with E-state index in [4.69, 9.17) is 15.2 Å². The number of fused-ring (bicyclic) bond motifs is 1. The highest BCUT2D eigenvalue weighted by Crippen LogP contribution is 2.34. The number of anilines is 1. The molecule has 4 N–H and O–H groups in total. The third-order valence-electron chi connectivity index (χ3n) is 4.44. The first-order chi connectivity index (χ1) is 12.7. The van der Waals surface area contributed by atoms with Crippen molar-refractivity contribution in [1.29, 1.82) is 0 Å². The van der Waals surface area contributed by atoms with E-state index < -0.39 is 24.5 Å². The first kappa shape index (κ1) is 16.9. The molecule has 9 heteroatoms. The molecule has 0 amide bonds. The molecule has 2 aromatic heterocycles. The average molecular weight is 357 g/mol. The Kier molecular flexibility index (Phi) is 4.51. The molecule has 136 valence electrons. The normalized spacial score (nSPS) is 25.8. The molecule has 1 aliphatic heterocycles. The Hall–Kier alpha value is -2.59. The fourth-order valence-corrected chi connectivity index (χ4v) is 3.10. The van der Waals surface area contributed by atoms with Crippen LogP contribution in [0, 0.1) is 0 Å². The molecule has 4 rings (SSSR count). The monoisotopic (exact) mass is 357 g/mol. The highest BCUT2D eigenvalue weighted by Gasteiger charge is 2.45. The molecule has 1 aliphatic rings. The molecular formula is C17H19N5O4. The predicted octanol–water partition coefficient (Wildman–Crippen LogP) is 0.244. The van der Waals surface area contributed by atoms with E-state index in [-0.39, 0.29) is 12.4 Å². The van der Waals surface area contributed by atoms with E-state index in [0.717, 1.165) is 5.56 Å². The molecule has 4 atom stereocenters. The summed E-state index contributed by atoms with van der Waals surface area (Å²) in [4.78, 5) is 12.3. The van der Waals surface area contributed by atoms with Gasteiger partial charge in [-0.25, -0.2) is 15.0 Å². The number of nitrogens with two attached hydrogens (primary N) is 1. The Morgan fingerprint density at radius 2 is 2.00 bits per heavy atom. The van der Waals surface area contributed by atoms with Gasteiger partial charge < -0.3 is 25.4 Å². The van der Waals surface area contributed by atoms with E-state index >= 15 is 0 Å². The Balaban J connectivity index is 1.64. The van der Waals surface area contributed by atoms with Gasteiger partial charge >= 0.3 is 0 Å². The molecule has 0 bridgehead atoms. The number of imidazole rings is 1. The largest absolute Gasteiger partial charge is 0.394 e. The summed E-state index contributed by atoms with van der Waals surface area (Å²) in [5.74, 6) is 0.257. The molecule has 3 aromatic rings. The van der Waals surface area contributed by atoms with E-state index in [1.165, 1.54) is 12.7 Å². The second-order valence-corrected chi connectivity index (χ2v) is 6.08. The highest BCUT2D eigenvalue weighted by atomic mass is 16.6. The summed E-state index contributed by atoms with van der Waals surface area (Å²) in [6, 6.07) is 9.61. The zero-order valence-electron chi connectivity index (χ0n) is 13.8. The lowest BCUT2D eigenvalue weighted by Gasteiger charge is -2.22. The Bertz CT molecular complexity index is 887. The lowest BCUT2D eigenvalue weighted by molar-refractivity contribution is -0.0761. The van der Waals surface area contributed by atoms with Crippen LogP contribution in [0.15, 0.2) is 43.0 Å². The number of hydrogen-bond acceptors (Lipinski definition) is 8. The fourth-order valence-electron chi connectivity index (χ4n) is 3.10. The van der Waals surface area contributed by atoms with Crippen molar-refractivity contribution in [2.24, 2.45) is 0 Å². The van der Waals surface area contributed by atoms with E-state index in [0.29, 0.717) is 17.8 Å². The molecule has 0 aliphatic carbocycles. The molecule has 3 heterocycles. The third kappa shape index (κ3) is 2.90. The van der Waals surface area contributed by atoms with Crippen molar-refractivity contribution in [2.45, 2.75) is 31.1 Å². The highest BCUT2D eigenvalue weighted by molar-refractivity contribution is 5.81. The standard InChI is InChI=1S/C17H19N5O4/c18-15-12-16(20-8-19-15)22(9-21-12)17-14(13(24)11(6-23)26-17)25-7-10-4-2-1-3-5-10/h1-5,8-9,11,13-14,17,23-24H,6-7H2,(H2,18,19,20)/t11-,13-,14+,17-/m0/s1. The van der Waals surface area contributed by atoms with Gasteiger partial charge in [-0.15, -0.1) is 0 Å². The van der Waals surface area contributed by atoms with E-state index in [2.05, 4.69) is 15.0 Å². The van der Waals surface area contributed by atoms with Gasteiger partial charge in [0.2, 0.25) is 0 Å². The number of ether oxygens (including phenoxy) is 2. The van der Waals surface area contributed by atoms with Crippen LogP contribution in [0.25, 0.3) is 11.2 Å². The van der Waals surface area contributed by atoms with Gasteiger partial charge in [-0.05, 0) is 5.56 Å². The minimum atomic E-state index is -0.995. The second-order valence-electron chi connectivity index (χ2n) is 6.08. The molecule has 9 nitrogen and oxygen atoms in total. The molecular weight excluding hydrogens is 338 g/mol. The van der Waals surface area contributed by atoms with Gasteiger partial charge in [0.05, 0.1) is 19.5 Å². The van der Waals surface area contributed by atoms with Crippen LogP contribution in [0.4, 0.5) is 5.82 Å². The summed E-state index contributed by atoms with van der Waals surface area (Å²) < 4.78 is 13.4.